The number of aliphatic carboxylic acids is 1. The number of nitrogens with one attached hydrogen (secondary N) is 2. The second kappa shape index (κ2) is 10.4. The van der Waals surface area contributed by atoms with E-state index in [9.17, 15) is 19.5 Å². The van der Waals surface area contributed by atoms with Crippen LogP contribution in [0.5, 0.6) is 0 Å². The number of amides is 2. The average Bonchev–Trinajstić information content (AvgIpc) is 3.38. The van der Waals surface area contributed by atoms with Crippen molar-refractivity contribution in [3.05, 3.63) is 77.1 Å². The molecule has 10 heteroatoms. The molecule has 1 atom stereocenters. The third-order valence-electron chi connectivity index (χ3n) is 6.07. The van der Waals surface area contributed by atoms with Crippen LogP contribution in [0.2, 0.25) is 0 Å². The lowest BCUT2D eigenvalue weighted by atomic mass is 9.98. The molecule has 0 radical (unpaired) electrons. The van der Waals surface area contributed by atoms with E-state index in [0.29, 0.717) is 5.69 Å². The molecule has 2 aromatic carbocycles. The van der Waals surface area contributed by atoms with E-state index in [0.717, 1.165) is 22.3 Å². The summed E-state index contributed by atoms with van der Waals surface area (Å²) >= 11 is 0. The number of hydrogen-bond acceptors (Lipinski definition) is 6. The van der Waals surface area contributed by atoms with Gasteiger partial charge in [-0.25, -0.2) is 9.59 Å². The fraction of sp³-hybridized carbons (Fsp3) is 0.280. The molecule has 0 bridgehead atoms. The van der Waals surface area contributed by atoms with E-state index in [1.54, 1.807) is 7.05 Å². The van der Waals surface area contributed by atoms with E-state index in [1.165, 1.54) is 10.9 Å². The number of carboxylic acids is 1. The largest absolute Gasteiger partial charge is 0.480 e. The fourth-order valence-corrected chi connectivity index (χ4v) is 4.29. The van der Waals surface area contributed by atoms with Crippen molar-refractivity contribution in [3.63, 3.8) is 0 Å². The van der Waals surface area contributed by atoms with Gasteiger partial charge in [-0.3, -0.25) is 9.48 Å². The van der Waals surface area contributed by atoms with E-state index < -0.39 is 24.0 Å². The molecule has 3 aromatic rings. The molecule has 1 aliphatic carbocycles. The molecule has 1 aliphatic rings. The van der Waals surface area contributed by atoms with Gasteiger partial charge in [0.1, 0.15) is 12.6 Å². The highest BCUT2D eigenvalue weighted by molar-refractivity contribution is 5.97. The van der Waals surface area contributed by atoms with Crippen molar-refractivity contribution in [1.29, 1.82) is 0 Å². The van der Waals surface area contributed by atoms with Crippen LogP contribution in [0.1, 0.15) is 39.5 Å². The number of aryl methyl sites for hydroxylation is 1. The van der Waals surface area contributed by atoms with E-state index in [1.807, 2.05) is 36.4 Å². The molecule has 0 fully saturated rings. The van der Waals surface area contributed by atoms with Crippen LogP contribution < -0.4 is 10.6 Å². The van der Waals surface area contributed by atoms with Crippen molar-refractivity contribution in [2.24, 2.45) is 7.05 Å². The maximum atomic E-state index is 12.6. The second-order valence-corrected chi connectivity index (χ2v) is 8.18. The van der Waals surface area contributed by atoms with Gasteiger partial charge in [0, 0.05) is 26.0 Å². The number of benzene rings is 2. The lowest BCUT2D eigenvalue weighted by molar-refractivity contribution is -0.139. The summed E-state index contributed by atoms with van der Waals surface area (Å²) in [5.41, 5.74) is 4.96. The first-order valence-corrected chi connectivity index (χ1v) is 11.1. The third-order valence-corrected chi connectivity index (χ3v) is 6.07. The maximum Gasteiger partial charge on any atom is 0.407 e. The number of aliphatic hydroxyl groups excluding tert-OH is 1. The number of alkyl carbamates (subject to hydrolysis) is 1. The zero-order chi connectivity index (χ0) is 24.9. The van der Waals surface area contributed by atoms with Gasteiger partial charge in [0.05, 0.1) is 24.0 Å². The molecule has 0 spiro atoms. The molecule has 1 heterocycles. The number of nitrogens with zero attached hydrogens (tertiary/aromatic N) is 2. The summed E-state index contributed by atoms with van der Waals surface area (Å²) in [6.07, 6.45) is 0.513. The summed E-state index contributed by atoms with van der Waals surface area (Å²) < 4.78 is 6.94. The summed E-state index contributed by atoms with van der Waals surface area (Å²) in [7, 11) is 1.61. The molecule has 0 saturated heterocycles. The Labute approximate surface area is 201 Å². The third kappa shape index (κ3) is 5.02. The summed E-state index contributed by atoms with van der Waals surface area (Å²) in [5.74, 6) is -2.00. The molecule has 0 aliphatic heterocycles. The van der Waals surface area contributed by atoms with Crippen LogP contribution in [-0.2, 0) is 23.1 Å². The van der Waals surface area contributed by atoms with Crippen molar-refractivity contribution >= 4 is 18.0 Å². The quantitative estimate of drug-likeness (QED) is 0.368. The Morgan fingerprint density at radius 1 is 1.09 bits per heavy atom. The first-order chi connectivity index (χ1) is 16.9. The Balaban J connectivity index is 1.38. The van der Waals surface area contributed by atoms with Gasteiger partial charge in [-0.1, -0.05) is 48.5 Å². The van der Waals surface area contributed by atoms with Gasteiger partial charge >= 0.3 is 12.1 Å². The summed E-state index contributed by atoms with van der Waals surface area (Å²) in [6, 6.07) is 14.8. The second-order valence-electron chi connectivity index (χ2n) is 8.18. The van der Waals surface area contributed by atoms with Gasteiger partial charge in [-0.05, 0) is 22.3 Å². The van der Waals surface area contributed by atoms with Gasteiger partial charge in [0.15, 0.2) is 0 Å². The smallest absolute Gasteiger partial charge is 0.407 e. The van der Waals surface area contributed by atoms with E-state index in [-0.39, 0.29) is 37.7 Å². The number of fused-ring (bicyclic) bond motifs is 3. The zero-order valence-electron chi connectivity index (χ0n) is 19.1. The molecule has 4 N–H and O–H groups in total. The average molecular weight is 479 g/mol. The normalized spacial score (nSPS) is 13.0. The summed E-state index contributed by atoms with van der Waals surface area (Å²) in [4.78, 5) is 36.4. The van der Waals surface area contributed by atoms with Crippen molar-refractivity contribution in [2.45, 2.75) is 24.9 Å². The first-order valence-electron chi connectivity index (χ1n) is 11.1. The number of carboxylic acid groups (broad SMARTS) is 1. The van der Waals surface area contributed by atoms with Crippen LogP contribution in [0.3, 0.4) is 0 Å². The Bertz CT molecular complexity index is 1210. The molecule has 10 nitrogen and oxygen atoms in total. The molecular formula is C25H26N4O6. The Hall–Kier alpha value is -4.18. The molecule has 182 valence electrons. The number of aromatic nitrogens is 2. The van der Waals surface area contributed by atoms with E-state index in [4.69, 9.17) is 9.84 Å². The highest BCUT2D eigenvalue weighted by Gasteiger charge is 2.29. The van der Waals surface area contributed by atoms with Crippen LogP contribution in [0.15, 0.2) is 54.7 Å². The standard InChI is InChI=1S/C25H26N4O6/c1-29-22(19(12-27-29)23(31)28-21(10-11-30)24(32)33)13-26-25(34)35-14-20-17-8-4-2-6-15(17)16-7-3-5-9-18(16)20/h2-9,12,20-21,30H,10-11,13-14H2,1H3,(H,26,34)(H,28,31)(H,32,33)/t21-/m0/s1. The predicted octanol–water partition coefficient (Wildman–Crippen LogP) is 2.02. The topological polar surface area (TPSA) is 143 Å². The van der Waals surface area contributed by atoms with Crippen molar-refractivity contribution in [1.82, 2.24) is 20.4 Å². The van der Waals surface area contributed by atoms with Gasteiger partial charge in [0.25, 0.3) is 5.91 Å². The van der Waals surface area contributed by atoms with Crippen LogP contribution in [0.25, 0.3) is 11.1 Å². The number of rotatable bonds is 9. The van der Waals surface area contributed by atoms with E-state index in [2.05, 4.69) is 27.9 Å². The molecular weight excluding hydrogens is 452 g/mol. The predicted molar refractivity (Wildman–Crippen MR) is 126 cm³/mol. The van der Waals surface area contributed by atoms with Gasteiger partial charge in [-0.15, -0.1) is 0 Å². The molecule has 0 unspecified atom stereocenters. The Morgan fingerprint density at radius 2 is 1.71 bits per heavy atom. The monoisotopic (exact) mass is 478 g/mol. The SMILES string of the molecule is Cn1ncc(C(=O)N[C@@H](CCO)C(=O)O)c1CNC(=O)OCC1c2ccccc2-c2ccccc21. The Kier molecular flexibility index (Phi) is 7.11. The molecule has 4 rings (SSSR count). The van der Waals surface area contributed by atoms with Crippen molar-refractivity contribution in [3.8, 4) is 11.1 Å². The minimum absolute atomic E-state index is 0.0480. The van der Waals surface area contributed by atoms with Crippen LogP contribution in [-0.4, -0.2) is 57.2 Å². The van der Waals surface area contributed by atoms with Gasteiger partial charge in [0.2, 0.25) is 0 Å². The number of ether oxygens (including phenoxy) is 1. The fourth-order valence-electron chi connectivity index (χ4n) is 4.29. The zero-order valence-corrected chi connectivity index (χ0v) is 19.1. The number of carbonyl (C=O) groups is 3. The summed E-state index contributed by atoms with van der Waals surface area (Å²) in [5, 5.41) is 27.3. The van der Waals surface area contributed by atoms with Crippen molar-refractivity contribution in [2.75, 3.05) is 13.2 Å². The maximum absolute atomic E-state index is 12.6. The van der Waals surface area contributed by atoms with E-state index >= 15 is 0 Å². The summed E-state index contributed by atoms with van der Waals surface area (Å²) in [6.45, 7) is -0.284. The van der Waals surface area contributed by atoms with Crippen LogP contribution in [0.4, 0.5) is 4.79 Å². The van der Waals surface area contributed by atoms with Crippen LogP contribution in [0, 0.1) is 0 Å². The minimum atomic E-state index is -1.25. The lowest BCUT2D eigenvalue weighted by Gasteiger charge is -2.15. The molecule has 1 aromatic heterocycles. The van der Waals surface area contributed by atoms with Crippen LogP contribution >= 0.6 is 0 Å². The number of hydrogen-bond donors (Lipinski definition) is 4. The van der Waals surface area contributed by atoms with Gasteiger partial charge in [-0.2, -0.15) is 5.10 Å². The lowest BCUT2D eigenvalue weighted by Crippen LogP contribution is -2.41. The highest BCUT2D eigenvalue weighted by Crippen LogP contribution is 2.44. The highest BCUT2D eigenvalue weighted by atomic mass is 16.5. The molecule has 0 saturated carbocycles. The minimum Gasteiger partial charge on any atom is -0.480 e. The Morgan fingerprint density at radius 3 is 2.31 bits per heavy atom. The first kappa shape index (κ1) is 24.0. The number of aliphatic hydroxyl groups is 1. The molecule has 2 amide bonds. The van der Waals surface area contributed by atoms with Crippen molar-refractivity contribution < 1.29 is 29.3 Å². The molecule has 35 heavy (non-hydrogen) atoms. The van der Waals surface area contributed by atoms with Gasteiger partial charge < -0.3 is 25.6 Å². The number of carbonyl (C=O) groups excluding carboxylic acids is 2.